The van der Waals surface area contributed by atoms with Crippen LogP contribution >= 0.6 is 0 Å². The molecule has 1 aliphatic rings. The molecule has 1 fully saturated rings. The lowest BCUT2D eigenvalue weighted by Crippen LogP contribution is -2.39. The van der Waals surface area contributed by atoms with Crippen molar-refractivity contribution in [2.75, 3.05) is 0 Å². The molecule has 1 aromatic carbocycles. The quantitative estimate of drug-likeness (QED) is 0.762. The molecule has 0 unspecified atom stereocenters. The number of nitrogens with zero attached hydrogens (tertiary/aromatic N) is 4. The van der Waals surface area contributed by atoms with E-state index in [9.17, 15) is 9.18 Å². The van der Waals surface area contributed by atoms with Gasteiger partial charge in [-0.1, -0.05) is 0 Å². The smallest absolute Gasteiger partial charge is 0.316 e. The number of fused-ring (bicyclic) bond motifs is 1. The topological polar surface area (TPSA) is 89.9 Å². The number of carbonyl (C=O) groups excluding carboxylic acids is 1. The van der Waals surface area contributed by atoms with Crippen molar-refractivity contribution < 1.29 is 13.9 Å². The molecule has 0 radical (unpaired) electrons. The first-order chi connectivity index (χ1) is 13.2. The van der Waals surface area contributed by atoms with Crippen molar-refractivity contribution in [3.8, 4) is 6.01 Å². The van der Waals surface area contributed by atoms with Gasteiger partial charge >= 0.3 is 6.01 Å². The second-order valence-corrected chi connectivity index (χ2v) is 6.51. The van der Waals surface area contributed by atoms with Crippen molar-refractivity contribution >= 4 is 16.9 Å². The van der Waals surface area contributed by atoms with Gasteiger partial charge in [-0.25, -0.2) is 14.4 Å². The van der Waals surface area contributed by atoms with Gasteiger partial charge in [-0.05, 0) is 43.9 Å². The second kappa shape index (κ2) is 7.61. The summed E-state index contributed by atoms with van der Waals surface area (Å²) in [5.74, 6) is -0.609. The predicted octanol–water partition coefficient (Wildman–Crippen LogP) is 2.68. The molecule has 3 aromatic rings. The van der Waals surface area contributed by atoms with Gasteiger partial charge in [-0.15, -0.1) is 0 Å². The molecular weight excluding hydrogens is 349 g/mol. The van der Waals surface area contributed by atoms with Crippen LogP contribution in [0.25, 0.3) is 11.0 Å². The molecular formula is C19H18FN5O2. The molecule has 8 heteroatoms. The summed E-state index contributed by atoms with van der Waals surface area (Å²) in [5, 5.41) is 3.07. The van der Waals surface area contributed by atoms with Gasteiger partial charge in [0.05, 0.1) is 23.4 Å². The summed E-state index contributed by atoms with van der Waals surface area (Å²) in [6, 6.07) is 5.57. The molecule has 27 heavy (non-hydrogen) atoms. The number of amides is 1. The van der Waals surface area contributed by atoms with Crippen LogP contribution in [0, 0.1) is 5.82 Å². The molecule has 2 aromatic heterocycles. The highest BCUT2D eigenvalue weighted by molar-refractivity contribution is 5.97. The Morgan fingerprint density at radius 3 is 2.44 bits per heavy atom. The van der Waals surface area contributed by atoms with E-state index in [1.807, 2.05) is 0 Å². The Morgan fingerprint density at radius 2 is 1.70 bits per heavy atom. The Labute approximate surface area is 155 Å². The first-order valence-electron chi connectivity index (χ1n) is 8.83. The lowest BCUT2D eigenvalue weighted by atomic mass is 9.92. The van der Waals surface area contributed by atoms with E-state index in [4.69, 9.17) is 4.74 Å². The van der Waals surface area contributed by atoms with Crippen LogP contribution < -0.4 is 10.1 Å². The van der Waals surface area contributed by atoms with Gasteiger partial charge in [-0.2, -0.15) is 0 Å². The third-order valence-corrected chi connectivity index (χ3v) is 4.61. The number of benzene rings is 1. The normalized spacial score (nSPS) is 19.6. The van der Waals surface area contributed by atoms with E-state index >= 15 is 0 Å². The van der Waals surface area contributed by atoms with Crippen molar-refractivity contribution in [3.05, 3.63) is 54.4 Å². The standard InChI is InChI=1S/C19H18FN5O2/c20-13-10-23-19(24-11-13)27-15-4-2-14(3-5-15)25-18(26)12-1-6-16-17(9-12)22-8-7-21-16/h1,6-11,14-15H,2-5H2,(H,25,26). The monoisotopic (exact) mass is 367 g/mol. The molecule has 2 heterocycles. The number of hydrogen-bond donors (Lipinski definition) is 1. The predicted molar refractivity (Wildman–Crippen MR) is 95.7 cm³/mol. The molecule has 4 rings (SSSR count). The molecule has 1 N–H and O–H groups in total. The fraction of sp³-hybridized carbons (Fsp3) is 0.316. The summed E-state index contributed by atoms with van der Waals surface area (Å²) in [6.07, 6.45) is 8.51. The Hall–Kier alpha value is -3.16. The van der Waals surface area contributed by atoms with E-state index in [2.05, 4.69) is 25.3 Å². The van der Waals surface area contributed by atoms with Gasteiger partial charge in [0, 0.05) is 24.0 Å². The first kappa shape index (κ1) is 17.3. The maximum atomic E-state index is 12.8. The maximum absolute atomic E-state index is 12.8. The van der Waals surface area contributed by atoms with Crippen LogP contribution in [-0.2, 0) is 0 Å². The maximum Gasteiger partial charge on any atom is 0.316 e. The van der Waals surface area contributed by atoms with Crippen molar-refractivity contribution in [2.45, 2.75) is 37.8 Å². The fourth-order valence-corrected chi connectivity index (χ4v) is 3.21. The zero-order valence-corrected chi connectivity index (χ0v) is 14.5. The molecule has 1 aliphatic carbocycles. The molecule has 1 amide bonds. The van der Waals surface area contributed by atoms with Crippen LogP contribution in [0.15, 0.2) is 43.0 Å². The molecule has 0 saturated heterocycles. The third kappa shape index (κ3) is 4.16. The van der Waals surface area contributed by atoms with Crippen molar-refractivity contribution in [3.63, 3.8) is 0 Å². The molecule has 138 valence electrons. The molecule has 7 nitrogen and oxygen atoms in total. The lowest BCUT2D eigenvalue weighted by Gasteiger charge is -2.28. The zero-order chi connectivity index (χ0) is 18.6. The number of ether oxygens (including phenoxy) is 1. The van der Waals surface area contributed by atoms with E-state index in [1.54, 1.807) is 30.6 Å². The minimum atomic E-state index is -0.492. The van der Waals surface area contributed by atoms with Crippen molar-refractivity contribution in [1.82, 2.24) is 25.3 Å². The van der Waals surface area contributed by atoms with E-state index in [-0.39, 0.29) is 24.1 Å². The van der Waals surface area contributed by atoms with Gasteiger partial charge in [0.1, 0.15) is 6.10 Å². The Kier molecular flexibility index (Phi) is 4.86. The number of hydrogen-bond acceptors (Lipinski definition) is 6. The second-order valence-electron chi connectivity index (χ2n) is 6.51. The minimum absolute atomic E-state index is 0.0282. The summed E-state index contributed by atoms with van der Waals surface area (Å²) < 4.78 is 18.5. The largest absolute Gasteiger partial charge is 0.460 e. The summed E-state index contributed by atoms with van der Waals surface area (Å²) >= 11 is 0. The van der Waals surface area contributed by atoms with Gasteiger partial charge in [0.2, 0.25) is 0 Å². The minimum Gasteiger partial charge on any atom is -0.460 e. The van der Waals surface area contributed by atoms with E-state index in [0.717, 1.165) is 43.6 Å². The van der Waals surface area contributed by atoms with Gasteiger partial charge in [0.15, 0.2) is 5.82 Å². The Morgan fingerprint density at radius 1 is 1.00 bits per heavy atom. The van der Waals surface area contributed by atoms with E-state index < -0.39 is 5.82 Å². The number of nitrogens with one attached hydrogen (secondary N) is 1. The Bertz CT molecular complexity index is 942. The molecule has 0 bridgehead atoms. The van der Waals surface area contributed by atoms with Crippen LogP contribution in [0.5, 0.6) is 6.01 Å². The van der Waals surface area contributed by atoms with Gasteiger partial charge < -0.3 is 10.1 Å². The zero-order valence-electron chi connectivity index (χ0n) is 14.5. The highest BCUT2D eigenvalue weighted by Crippen LogP contribution is 2.22. The Balaban J connectivity index is 1.31. The summed E-state index contributed by atoms with van der Waals surface area (Å²) in [4.78, 5) is 28.6. The van der Waals surface area contributed by atoms with Crippen LogP contribution in [0.3, 0.4) is 0 Å². The number of halogens is 1. The van der Waals surface area contributed by atoms with Crippen LogP contribution in [0.1, 0.15) is 36.0 Å². The third-order valence-electron chi connectivity index (χ3n) is 4.61. The highest BCUT2D eigenvalue weighted by Gasteiger charge is 2.24. The number of rotatable bonds is 4. The highest BCUT2D eigenvalue weighted by atomic mass is 19.1. The number of aromatic nitrogens is 4. The average Bonchev–Trinajstić information content (AvgIpc) is 2.71. The van der Waals surface area contributed by atoms with Gasteiger partial charge in [-0.3, -0.25) is 14.8 Å². The number of carbonyl (C=O) groups is 1. The molecule has 0 atom stereocenters. The fourth-order valence-electron chi connectivity index (χ4n) is 3.21. The lowest BCUT2D eigenvalue weighted by molar-refractivity contribution is 0.0885. The van der Waals surface area contributed by atoms with Crippen LogP contribution in [0.4, 0.5) is 4.39 Å². The summed E-state index contributed by atoms with van der Waals surface area (Å²) in [5.41, 5.74) is 2.03. The molecule has 0 aliphatic heterocycles. The molecule has 0 spiro atoms. The summed E-state index contributed by atoms with van der Waals surface area (Å²) in [7, 11) is 0. The van der Waals surface area contributed by atoms with E-state index in [0.29, 0.717) is 11.1 Å². The summed E-state index contributed by atoms with van der Waals surface area (Å²) in [6.45, 7) is 0. The van der Waals surface area contributed by atoms with Gasteiger partial charge in [0.25, 0.3) is 5.91 Å². The van der Waals surface area contributed by atoms with Crippen LogP contribution in [0.2, 0.25) is 0 Å². The molecule has 1 saturated carbocycles. The average molecular weight is 367 g/mol. The SMILES string of the molecule is O=C(NC1CCC(Oc2ncc(F)cn2)CC1)c1ccc2nccnc2c1. The first-order valence-corrected chi connectivity index (χ1v) is 8.83. The van der Waals surface area contributed by atoms with E-state index in [1.165, 1.54) is 0 Å². The van der Waals surface area contributed by atoms with Crippen molar-refractivity contribution in [1.29, 1.82) is 0 Å². The van der Waals surface area contributed by atoms with Crippen molar-refractivity contribution in [2.24, 2.45) is 0 Å². The van der Waals surface area contributed by atoms with Crippen LogP contribution in [-0.4, -0.2) is 38.0 Å².